The number of nitro benzene ring substituents is 1. The van der Waals surface area contributed by atoms with Crippen molar-refractivity contribution in [3.63, 3.8) is 0 Å². The number of thiophene rings is 1. The Bertz CT molecular complexity index is 725. The molecule has 3 rings (SSSR count). The molecule has 1 aliphatic rings. The average Bonchev–Trinajstić information content (AvgIpc) is 3.13. The largest absolute Gasteiger partial charge is 0.366 e. The van der Waals surface area contributed by atoms with Gasteiger partial charge in [0.2, 0.25) is 0 Å². The topological polar surface area (TPSA) is 75.5 Å². The van der Waals surface area contributed by atoms with Crippen LogP contribution in [0.25, 0.3) is 0 Å². The molecular formula is C17H19N3O3S. The lowest BCUT2D eigenvalue weighted by atomic mass is 10.1. The zero-order chi connectivity index (χ0) is 16.9. The predicted octanol–water partition coefficient (Wildman–Crippen LogP) is 3.58. The third-order valence-electron chi connectivity index (χ3n) is 4.13. The Labute approximate surface area is 144 Å². The second kappa shape index (κ2) is 7.44. The molecule has 2 aromatic rings. The third kappa shape index (κ3) is 3.73. The van der Waals surface area contributed by atoms with Crippen LogP contribution in [-0.2, 0) is 6.54 Å². The second-order valence-electron chi connectivity index (χ2n) is 5.77. The van der Waals surface area contributed by atoms with Gasteiger partial charge in [0.05, 0.1) is 11.5 Å². The molecule has 1 amide bonds. The number of hydrogen-bond acceptors (Lipinski definition) is 5. The van der Waals surface area contributed by atoms with E-state index in [2.05, 4.69) is 5.32 Å². The van der Waals surface area contributed by atoms with Crippen LogP contribution in [0.1, 0.15) is 34.5 Å². The lowest BCUT2D eigenvalue weighted by molar-refractivity contribution is -0.384. The number of piperidine rings is 1. The van der Waals surface area contributed by atoms with Crippen LogP contribution in [0, 0.1) is 10.1 Å². The van der Waals surface area contributed by atoms with Crippen LogP contribution in [0.2, 0.25) is 0 Å². The first-order chi connectivity index (χ1) is 11.6. The molecular weight excluding hydrogens is 326 g/mol. The molecule has 0 unspecified atom stereocenters. The van der Waals surface area contributed by atoms with Gasteiger partial charge in [-0.1, -0.05) is 6.07 Å². The van der Waals surface area contributed by atoms with Crippen LogP contribution in [0.4, 0.5) is 11.4 Å². The van der Waals surface area contributed by atoms with E-state index in [4.69, 9.17) is 0 Å². The Balaban J connectivity index is 1.77. The summed E-state index contributed by atoms with van der Waals surface area (Å²) in [6.45, 7) is 2.08. The van der Waals surface area contributed by atoms with Crippen molar-refractivity contribution >= 4 is 28.6 Å². The quantitative estimate of drug-likeness (QED) is 0.664. The van der Waals surface area contributed by atoms with Gasteiger partial charge in [0.25, 0.3) is 11.6 Å². The minimum atomic E-state index is -0.403. The molecule has 24 heavy (non-hydrogen) atoms. The van der Waals surface area contributed by atoms with E-state index in [1.54, 1.807) is 23.5 Å². The molecule has 1 aromatic heterocycles. The summed E-state index contributed by atoms with van der Waals surface area (Å²) in [5.74, 6) is -0.295. The Kier molecular flexibility index (Phi) is 5.10. The molecule has 2 heterocycles. The van der Waals surface area contributed by atoms with E-state index in [1.807, 2.05) is 22.4 Å². The molecule has 0 atom stereocenters. The molecule has 1 aromatic carbocycles. The highest BCUT2D eigenvalue weighted by molar-refractivity contribution is 7.09. The zero-order valence-electron chi connectivity index (χ0n) is 13.2. The molecule has 0 spiro atoms. The summed E-state index contributed by atoms with van der Waals surface area (Å²) in [4.78, 5) is 26.4. The van der Waals surface area contributed by atoms with Crippen molar-refractivity contribution in [3.05, 3.63) is 56.3 Å². The number of benzene rings is 1. The summed E-state index contributed by atoms with van der Waals surface area (Å²) in [6.07, 6.45) is 3.24. The molecule has 1 aliphatic heterocycles. The Hall–Kier alpha value is -2.41. The van der Waals surface area contributed by atoms with E-state index in [1.165, 1.54) is 6.07 Å². The Morgan fingerprint density at radius 1 is 1.25 bits per heavy atom. The molecule has 6 nitrogen and oxygen atoms in total. The van der Waals surface area contributed by atoms with Crippen molar-refractivity contribution in [2.45, 2.75) is 25.8 Å². The van der Waals surface area contributed by atoms with Crippen LogP contribution in [0.15, 0.2) is 35.7 Å². The minimum Gasteiger partial charge on any atom is -0.366 e. The molecule has 0 saturated carbocycles. The molecule has 1 saturated heterocycles. The predicted molar refractivity (Wildman–Crippen MR) is 94.6 cm³/mol. The molecule has 0 bridgehead atoms. The monoisotopic (exact) mass is 345 g/mol. The van der Waals surface area contributed by atoms with Crippen molar-refractivity contribution in [2.24, 2.45) is 0 Å². The summed E-state index contributed by atoms with van der Waals surface area (Å²) in [5.41, 5.74) is 0.925. The van der Waals surface area contributed by atoms with E-state index < -0.39 is 4.92 Å². The molecule has 1 fully saturated rings. The Morgan fingerprint density at radius 2 is 2.04 bits per heavy atom. The van der Waals surface area contributed by atoms with Gasteiger partial charge in [0.1, 0.15) is 5.69 Å². The van der Waals surface area contributed by atoms with Gasteiger partial charge in [0, 0.05) is 29.6 Å². The van der Waals surface area contributed by atoms with Gasteiger partial charge in [-0.25, -0.2) is 0 Å². The third-order valence-corrected chi connectivity index (χ3v) is 5.01. The maximum atomic E-state index is 12.3. The smallest absolute Gasteiger partial charge is 0.293 e. The van der Waals surface area contributed by atoms with Crippen molar-refractivity contribution in [1.29, 1.82) is 0 Å². The van der Waals surface area contributed by atoms with E-state index >= 15 is 0 Å². The summed E-state index contributed by atoms with van der Waals surface area (Å²) in [6, 6.07) is 8.61. The van der Waals surface area contributed by atoms with Crippen LogP contribution >= 0.6 is 11.3 Å². The summed E-state index contributed by atoms with van der Waals surface area (Å²) in [5, 5.41) is 16.2. The van der Waals surface area contributed by atoms with Crippen LogP contribution < -0.4 is 10.2 Å². The lowest BCUT2D eigenvalue weighted by Crippen LogP contribution is -2.30. The molecule has 0 radical (unpaired) electrons. The number of amides is 1. The van der Waals surface area contributed by atoms with Crippen molar-refractivity contribution < 1.29 is 9.72 Å². The van der Waals surface area contributed by atoms with Gasteiger partial charge in [-0.15, -0.1) is 11.3 Å². The first-order valence-electron chi connectivity index (χ1n) is 7.99. The van der Waals surface area contributed by atoms with Crippen LogP contribution in [0.5, 0.6) is 0 Å². The number of anilines is 1. The molecule has 1 N–H and O–H groups in total. The fourth-order valence-corrected chi connectivity index (χ4v) is 3.54. The van der Waals surface area contributed by atoms with E-state index in [0.29, 0.717) is 17.8 Å². The number of hydrogen-bond donors (Lipinski definition) is 1. The number of nitro groups is 1. The van der Waals surface area contributed by atoms with Crippen molar-refractivity contribution in [3.8, 4) is 0 Å². The van der Waals surface area contributed by atoms with Crippen molar-refractivity contribution in [2.75, 3.05) is 18.0 Å². The maximum absolute atomic E-state index is 12.3. The fourth-order valence-electron chi connectivity index (χ4n) is 2.90. The van der Waals surface area contributed by atoms with Crippen molar-refractivity contribution in [1.82, 2.24) is 5.32 Å². The highest BCUT2D eigenvalue weighted by Gasteiger charge is 2.23. The summed E-state index contributed by atoms with van der Waals surface area (Å²) in [7, 11) is 0. The Morgan fingerprint density at radius 3 is 2.71 bits per heavy atom. The second-order valence-corrected chi connectivity index (χ2v) is 6.80. The SMILES string of the molecule is O=C(NCc1cccs1)c1ccc(N2CCCCC2)c([N+](=O)[O-])c1. The number of carbonyl (C=O) groups excluding carboxylic acids is 1. The average molecular weight is 345 g/mol. The first-order valence-corrected chi connectivity index (χ1v) is 8.87. The van der Waals surface area contributed by atoms with Gasteiger partial charge in [-0.3, -0.25) is 14.9 Å². The number of nitrogens with zero attached hydrogens (tertiary/aromatic N) is 2. The van der Waals surface area contributed by atoms with E-state index in [0.717, 1.165) is 37.2 Å². The highest BCUT2D eigenvalue weighted by Crippen LogP contribution is 2.31. The molecule has 126 valence electrons. The lowest BCUT2D eigenvalue weighted by Gasteiger charge is -2.28. The van der Waals surface area contributed by atoms with Gasteiger partial charge in [0.15, 0.2) is 0 Å². The van der Waals surface area contributed by atoms with E-state index in [-0.39, 0.29) is 11.6 Å². The summed E-state index contributed by atoms with van der Waals surface area (Å²) < 4.78 is 0. The minimum absolute atomic E-state index is 0.000624. The first kappa shape index (κ1) is 16.4. The number of nitrogens with one attached hydrogen (secondary N) is 1. The highest BCUT2D eigenvalue weighted by atomic mass is 32.1. The number of carbonyl (C=O) groups is 1. The van der Waals surface area contributed by atoms with Gasteiger partial charge in [-0.05, 0) is 42.8 Å². The van der Waals surface area contributed by atoms with Gasteiger partial charge < -0.3 is 10.2 Å². The maximum Gasteiger partial charge on any atom is 0.293 e. The zero-order valence-corrected chi connectivity index (χ0v) is 14.1. The van der Waals surface area contributed by atoms with Gasteiger partial charge in [-0.2, -0.15) is 0 Å². The molecule has 0 aliphatic carbocycles. The van der Waals surface area contributed by atoms with Crippen LogP contribution in [-0.4, -0.2) is 23.9 Å². The number of rotatable bonds is 5. The van der Waals surface area contributed by atoms with Gasteiger partial charge >= 0.3 is 0 Å². The fraction of sp³-hybridized carbons (Fsp3) is 0.353. The standard InChI is InChI=1S/C17H19N3O3S/c21-17(18-12-14-5-4-10-24-14)13-6-7-15(16(11-13)20(22)23)19-8-2-1-3-9-19/h4-7,10-11H,1-3,8-9,12H2,(H,18,21). The molecule has 7 heteroatoms. The summed E-state index contributed by atoms with van der Waals surface area (Å²) >= 11 is 1.56. The normalized spacial score (nSPS) is 14.4. The van der Waals surface area contributed by atoms with E-state index in [9.17, 15) is 14.9 Å². The van der Waals surface area contributed by atoms with Crippen LogP contribution in [0.3, 0.4) is 0 Å².